The first-order valence-electron chi connectivity index (χ1n) is 6.72. The van der Waals surface area contributed by atoms with Gasteiger partial charge in [-0.15, -0.1) is 0 Å². The monoisotopic (exact) mass is 310 g/mol. The van der Waals surface area contributed by atoms with Gasteiger partial charge in [0.15, 0.2) is 5.71 Å². The van der Waals surface area contributed by atoms with E-state index in [9.17, 15) is 14.9 Å². The lowest BCUT2D eigenvalue weighted by Crippen LogP contribution is -2.23. The van der Waals surface area contributed by atoms with E-state index in [0.717, 1.165) is 0 Å². The number of nitrogens with one attached hydrogen (secondary N) is 2. The fourth-order valence-electron chi connectivity index (χ4n) is 1.81. The van der Waals surface area contributed by atoms with Gasteiger partial charge in [0.25, 0.3) is 5.69 Å². The van der Waals surface area contributed by atoms with Crippen LogP contribution in [0.1, 0.15) is 17.3 Å². The highest BCUT2D eigenvalue weighted by molar-refractivity contribution is 6.69. The van der Waals surface area contributed by atoms with Crippen LogP contribution < -0.4 is 5.43 Å². The summed E-state index contributed by atoms with van der Waals surface area (Å²) in [5.41, 5.74) is 3.53. The van der Waals surface area contributed by atoms with Gasteiger partial charge in [-0.25, -0.2) is 0 Å². The van der Waals surface area contributed by atoms with Crippen molar-refractivity contribution in [3.05, 3.63) is 70.3 Å². The van der Waals surface area contributed by atoms with Crippen molar-refractivity contribution in [3.8, 4) is 0 Å². The number of nitro benzene ring substituents is 1. The lowest BCUT2D eigenvalue weighted by atomic mass is 10.0. The van der Waals surface area contributed by atoms with Crippen LogP contribution in [0.3, 0.4) is 0 Å². The molecule has 7 nitrogen and oxygen atoms in total. The van der Waals surface area contributed by atoms with Crippen LogP contribution in [0, 0.1) is 15.5 Å². The highest BCUT2D eigenvalue weighted by atomic mass is 16.6. The molecule has 116 valence electrons. The van der Waals surface area contributed by atoms with E-state index in [4.69, 9.17) is 5.41 Å². The molecule has 0 unspecified atom stereocenters. The second-order valence-corrected chi connectivity index (χ2v) is 4.70. The summed E-state index contributed by atoms with van der Waals surface area (Å²) in [6, 6.07) is 14.2. The second-order valence-electron chi connectivity index (χ2n) is 4.70. The molecule has 2 aromatic carbocycles. The normalized spacial score (nSPS) is 10.9. The molecule has 7 heteroatoms. The number of non-ortho nitro benzene ring substituents is 1. The molecule has 23 heavy (non-hydrogen) atoms. The van der Waals surface area contributed by atoms with Crippen LogP contribution in [0.4, 0.5) is 11.4 Å². The van der Waals surface area contributed by atoms with Gasteiger partial charge in [-0.05, 0) is 19.1 Å². The Hall–Kier alpha value is -3.35. The fraction of sp³-hybridized carbons (Fsp3) is 0.0625. The Labute approximate surface area is 132 Å². The van der Waals surface area contributed by atoms with Crippen molar-refractivity contribution in [1.82, 2.24) is 0 Å². The average Bonchev–Trinajstić information content (AvgIpc) is 2.55. The standard InChI is InChI=1S/C16H14N4O3/c1-11(17)15(16(21)12-5-3-2-4-6-12)19-18-13-7-9-14(10-8-13)20(22)23/h2-10,17-18H,1H3/b17-11?,19-15+. The van der Waals surface area contributed by atoms with E-state index in [1.807, 2.05) is 0 Å². The second kappa shape index (κ2) is 7.08. The maximum Gasteiger partial charge on any atom is 0.269 e. The number of Topliss-reactive ketones (excluding diaryl/α,β-unsaturated/α-hetero) is 1. The Morgan fingerprint density at radius 1 is 1.13 bits per heavy atom. The first-order valence-corrected chi connectivity index (χ1v) is 6.72. The number of anilines is 1. The number of carbonyl (C=O) groups is 1. The number of rotatable bonds is 6. The summed E-state index contributed by atoms with van der Waals surface area (Å²) >= 11 is 0. The number of carbonyl (C=O) groups excluding carboxylic acids is 1. The molecule has 2 aromatic rings. The average molecular weight is 310 g/mol. The molecule has 0 bridgehead atoms. The Bertz CT molecular complexity index is 768. The predicted octanol–water partition coefficient (Wildman–Crippen LogP) is 3.29. The maximum absolute atomic E-state index is 12.4. The topological polar surface area (TPSA) is 108 Å². The first-order chi connectivity index (χ1) is 11.0. The Balaban J connectivity index is 2.21. The third-order valence-electron chi connectivity index (χ3n) is 2.98. The Morgan fingerprint density at radius 3 is 2.26 bits per heavy atom. The number of ketones is 1. The van der Waals surface area contributed by atoms with Crippen LogP contribution in [0.5, 0.6) is 0 Å². The maximum atomic E-state index is 12.4. The lowest BCUT2D eigenvalue weighted by molar-refractivity contribution is -0.384. The summed E-state index contributed by atoms with van der Waals surface area (Å²) < 4.78 is 0. The van der Waals surface area contributed by atoms with Gasteiger partial charge in [0.2, 0.25) is 5.78 Å². The minimum absolute atomic E-state index is 0.0189. The van der Waals surface area contributed by atoms with Crippen LogP contribution in [-0.4, -0.2) is 22.1 Å². The number of benzene rings is 2. The molecule has 0 aromatic heterocycles. The largest absolute Gasteiger partial charge is 0.303 e. The van der Waals surface area contributed by atoms with Crippen LogP contribution in [-0.2, 0) is 0 Å². The van der Waals surface area contributed by atoms with Crippen molar-refractivity contribution in [2.75, 3.05) is 5.43 Å². The molecular formula is C16H14N4O3. The zero-order valence-electron chi connectivity index (χ0n) is 12.3. The summed E-state index contributed by atoms with van der Waals surface area (Å²) in [5.74, 6) is -0.368. The third kappa shape index (κ3) is 4.07. The SMILES string of the molecule is CC(=N)/C(=N\Nc1ccc([N+](=O)[O-])cc1)C(=O)c1ccccc1. The molecule has 0 aliphatic rings. The van der Waals surface area contributed by atoms with E-state index in [1.165, 1.54) is 31.2 Å². The summed E-state index contributed by atoms with van der Waals surface area (Å²) in [4.78, 5) is 22.4. The predicted molar refractivity (Wildman–Crippen MR) is 88.3 cm³/mol. The minimum Gasteiger partial charge on any atom is -0.303 e. The number of hydrogen-bond donors (Lipinski definition) is 2. The van der Waals surface area contributed by atoms with Crippen LogP contribution in [0.25, 0.3) is 0 Å². The first kappa shape index (κ1) is 16.0. The quantitative estimate of drug-likeness (QED) is 0.369. The molecule has 0 saturated heterocycles. The molecule has 0 aliphatic heterocycles. The number of hydrazone groups is 1. The molecule has 0 atom stereocenters. The van der Waals surface area contributed by atoms with Crippen molar-refractivity contribution in [2.24, 2.45) is 5.10 Å². The zero-order chi connectivity index (χ0) is 16.8. The van der Waals surface area contributed by atoms with Crippen molar-refractivity contribution in [3.63, 3.8) is 0 Å². The van der Waals surface area contributed by atoms with Gasteiger partial charge in [0, 0.05) is 17.7 Å². The van der Waals surface area contributed by atoms with Gasteiger partial charge in [0.05, 0.1) is 16.3 Å². The lowest BCUT2D eigenvalue weighted by Gasteiger charge is -2.06. The van der Waals surface area contributed by atoms with E-state index in [0.29, 0.717) is 11.3 Å². The molecule has 2 N–H and O–H groups in total. The fourth-order valence-corrected chi connectivity index (χ4v) is 1.81. The molecule has 2 rings (SSSR count). The van der Waals surface area contributed by atoms with Gasteiger partial charge < -0.3 is 5.41 Å². The number of nitro groups is 1. The van der Waals surface area contributed by atoms with Crippen LogP contribution in [0.2, 0.25) is 0 Å². The van der Waals surface area contributed by atoms with Crippen molar-refractivity contribution < 1.29 is 9.72 Å². The molecule has 0 heterocycles. The van der Waals surface area contributed by atoms with E-state index in [2.05, 4.69) is 10.5 Å². The Morgan fingerprint density at radius 2 is 1.74 bits per heavy atom. The van der Waals surface area contributed by atoms with E-state index in [1.54, 1.807) is 30.3 Å². The van der Waals surface area contributed by atoms with Crippen molar-refractivity contribution >= 4 is 28.6 Å². The molecule has 0 fully saturated rings. The summed E-state index contributed by atoms with van der Waals surface area (Å²) in [7, 11) is 0. The molecule has 0 radical (unpaired) electrons. The van der Waals surface area contributed by atoms with Crippen molar-refractivity contribution in [1.29, 1.82) is 5.41 Å². The van der Waals surface area contributed by atoms with Gasteiger partial charge in [0.1, 0.15) is 0 Å². The van der Waals surface area contributed by atoms with Gasteiger partial charge in [-0.2, -0.15) is 5.10 Å². The van der Waals surface area contributed by atoms with Crippen LogP contribution in [0.15, 0.2) is 59.7 Å². The third-order valence-corrected chi connectivity index (χ3v) is 2.98. The van der Waals surface area contributed by atoms with Gasteiger partial charge in [-0.1, -0.05) is 30.3 Å². The van der Waals surface area contributed by atoms with Gasteiger partial charge >= 0.3 is 0 Å². The van der Waals surface area contributed by atoms with E-state index >= 15 is 0 Å². The number of nitrogens with zero attached hydrogens (tertiary/aromatic N) is 2. The number of hydrogen-bond acceptors (Lipinski definition) is 6. The smallest absolute Gasteiger partial charge is 0.269 e. The molecule has 0 amide bonds. The molecule has 0 saturated carbocycles. The highest BCUT2D eigenvalue weighted by Crippen LogP contribution is 2.15. The molecular weight excluding hydrogens is 296 g/mol. The summed E-state index contributed by atoms with van der Waals surface area (Å²) in [6.07, 6.45) is 0. The highest BCUT2D eigenvalue weighted by Gasteiger charge is 2.16. The van der Waals surface area contributed by atoms with Gasteiger partial charge in [-0.3, -0.25) is 20.3 Å². The summed E-state index contributed by atoms with van der Waals surface area (Å²) in [5, 5.41) is 22.3. The Kier molecular flexibility index (Phi) is 4.93. The van der Waals surface area contributed by atoms with Crippen LogP contribution >= 0.6 is 0 Å². The molecule has 0 spiro atoms. The van der Waals surface area contributed by atoms with E-state index in [-0.39, 0.29) is 22.9 Å². The zero-order valence-corrected chi connectivity index (χ0v) is 12.3. The minimum atomic E-state index is -0.501. The summed E-state index contributed by atoms with van der Waals surface area (Å²) in [6.45, 7) is 1.47. The van der Waals surface area contributed by atoms with E-state index < -0.39 is 4.92 Å². The molecule has 0 aliphatic carbocycles. The van der Waals surface area contributed by atoms with Crippen molar-refractivity contribution in [2.45, 2.75) is 6.92 Å².